The van der Waals surface area contributed by atoms with Gasteiger partial charge in [-0.2, -0.15) is 0 Å². The highest BCUT2D eigenvalue weighted by molar-refractivity contribution is 7.72. The predicted molar refractivity (Wildman–Crippen MR) is 55.0 cm³/mol. The molecule has 1 unspecified atom stereocenters. The van der Waals surface area contributed by atoms with Gasteiger partial charge in [-0.15, -0.1) is 0 Å². The lowest BCUT2D eigenvalue weighted by Crippen LogP contribution is -2.48. The average Bonchev–Trinajstić information content (AvgIpc) is 1.96. The van der Waals surface area contributed by atoms with Crippen LogP contribution in [0, 0.1) is 5.41 Å². The Balaban J connectivity index is 5.53. The van der Waals surface area contributed by atoms with Gasteiger partial charge < -0.3 is 35.8 Å². The maximum Gasteiger partial charge on any atom is 0.371 e. The van der Waals surface area contributed by atoms with Crippen molar-refractivity contribution >= 4 is 20.9 Å². The highest BCUT2D eigenvalue weighted by Crippen LogP contribution is 2.68. The lowest BCUT2D eigenvalue weighted by molar-refractivity contribution is 0.109. The first-order chi connectivity index (χ1) is 6.84. The van der Waals surface area contributed by atoms with Gasteiger partial charge in [0, 0.05) is 12.1 Å². The van der Waals surface area contributed by atoms with Crippen LogP contribution in [0.4, 0.5) is 0 Å². The molecule has 0 saturated heterocycles. The quantitative estimate of drug-likeness (QED) is 0.239. The van der Waals surface area contributed by atoms with Crippen LogP contribution < -0.4 is 5.73 Å². The Kier molecular flexibility index (Phi) is 4.61. The fraction of sp³-hybridized carbons (Fsp3) is 0.800. The van der Waals surface area contributed by atoms with Gasteiger partial charge in [-0.3, -0.25) is 9.13 Å². The molecule has 0 aromatic rings. The zero-order valence-corrected chi connectivity index (χ0v) is 10.1. The SMILES string of the molecule is CC(=N)CC(N)C(O)(P(=O)(O)O)P(=O)(O)O. The van der Waals surface area contributed by atoms with E-state index in [2.05, 4.69) is 0 Å². The van der Waals surface area contributed by atoms with Gasteiger partial charge in [0.25, 0.3) is 5.08 Å². The lowest BCUT2D eigenvalue weighted by Gasteiger charge is -2.33. The summed E-state index contributed by atoms with van der Waals surface area (Å²) in [6.07, 6.45) is -0.549. The lowest BCUT2D eigenvalue weighted by atomic mass is 10.1. The molecule has 11 heteroatoms. The molecule has 0 aliphatic heterocycles. The molecular formula is C5H14N2O7P2. The van der Waals surface area contributed by atoms with E-state index in [-0.39, 0.29) is 5.71 Å². The molecule has 0 aromatic heterocycles. The van der Waals surface area contributed by atoms with Crippen molar-refractivity contribution in [3.05, 3.63) is 0 Å². The third-order valence-corrected chi connectivity index (χ3v) is 5.82. The van der Waals surface area contributed by atoms with E-state index in [1.54, 1.807) is 0 Å². The van der Waals surface area contributed by atoms with E-state index in [9.17, 15) is 14.2 Å². The molecule has 0 aliphatic carbocycles. The number of nitrogens with two attached hydrogens (primary N) is 1. The summed E-state index contributed by atoms with van der Waals surface area (Å²) >= 11 is 0. The maximum absolute atomic E-state index is 10.9. The van der Waals surface area contributed by atoms with Gasteiger partial charge in [-0.05, 0) is 6.92 Å². The molecule has 9 nitrogen and oxygen atoms in total. The van der Waals surface area contributed by atoms with Crippen molar-refractivity contribution in [3.63, 3.8) is 0 Å². The molecule has 0 saturated carbocycles. The van der Waals surface area contributed by atoms with Gasteiger partial charge in [0.2, 0.25) is 0 Å². The third-order valence-electron chi connectivity index (χ3n) is 1.88. The second-order valence-electron chi connectivity index (χ2n) is 3.37. The molecule has 1 atom stereocenters. The van der Waals surface area contributed by atoms with E-state index >= 15 is 0 Å². The predicted octanol–water partition coefficient (Wildman–Crippen LogP) is -1.26. The summed E-state index contributed by atoms with van der Waals surface area (Å²) in [4.78, 5) is 35.1. The summed E-state index contributed by atoms with van der Waals surface area (Å²) in [5.74, 6) is 0. The summed E-state index contributed by atoms with van der Waals surface area (Å²) < 4.78 is 21.8. The van der Waals surface area contributed by atoms with Gasteiger partial charge >= 0.3 is 15.2 Å². The number of rotatable bonds is 5. The highest BCUT2D eigenvalue weighted by atomic mass is 31.2. The van der Waals surface area contributed by atoms with Crippen molar-refractivity contribution in [1.82, 2.24) is 0 Å². The van der Waals surface area contributed by atoms with Crippen LogP contribution in [0.1, 0.15) is 13.3 Å². The van der Waals surface area contributed by atoms with E-state index in [1.165, 1.54) is 6.92 Å². The van der Waals surface area contributed by atoms with Crippen molar-refractivity contribution in [2.24, 2.45) is 5.73 Å². The summed E-state index contributed by atoms with van der Waals surface area (Å²) in [7, 11) is -11.1. The Morgan fingerprint density at radius 3 is 1.81 bits per heavy atom. The Morgan fingerprint density at radius 2 is 1.62 bits per heavy atom. The van der Waals surface area contributed by atoms with Crippen LogP contribution in [0.5, 0.6) is 0 Å². The molecule has 96 valence electrons. The van der Waals surface area contributed by atoms with E-state index in [4.69, 9.17) is 30.7 Å². The van der Waals surface area contributed by atoms with Crippen LogP contribution in [0.15, 0.2) is 0 Å². The first-order valence-electron chi connectivity index (χ1n) is 3.97. The third kappa shape index (κ3) is 2.97. The van der Waals surface area contributed by atoms with Gasteiger partial charge in [0.05, 0.1) is 6.04 Å². The number of hydrogen-bond acceptors (Lipinski definition) is 5. The van der Waals surface area contributed by atoms with Crippen molar-refractivity contribution in [2.45, 2.75) is 24.5 Å². The smallest absolute Gasteiger partial charge is 0.366 e. The molecule has 0 aliphatic rings. The summed E-state index contributed by atoms with van der Waals surface area (Å²) in [5.41, 5.74) is 4.98. The van der Waals surface area contributed by atoms with E-state index < -0.39 is 32.7 Å². The van der Waals surface area contributed by atoms with Gasteiger partial charge in [-0.25, -0.2) is 0 Å². The molecule has 16 heavy (non-hydrogen) atoms. The number of hydrogen-bond donors (Lipinski definition) is 7. The van der Waals surface area contributed by atoms with E-state index in [0.717, 1.165) is 0 Å². The summed E-state index contributed by atoms with van der Waals surface area (Å²) in [6.45, 7) is 1.22. The minimum absolute atomic E-state index is 0.173. The van der Waals surface area contributed by atoms with Crippen molar-refractivity contribution in [2.75, 3.05) is 0 Å². The standard InChI is InChI=1S/C5H14N2O7P2/c1-3(6)2-4(7)5(8,15(9,10)11)16(12,13)14/h4,6,8H,2,7H2,1H3,(H2,9,10,11)(H2,12,13,14). The molecule has 0 fully saturated rings. The number of aliphatic hydroxyl groups is 1. The van der Waals surface area contributed by atoms with Gasteiger partial charge in [0.15, 0.2) is 0 Å². The maximum atomic E-state index is 10.9. The Bertz CT molecular complexity index is 349. The fourth-order valence-corrected chi connectivity index (χ4v) is 3.47. The molecule has 0 heterocycles. The zero-order valence-electron chi connectivity index (χ0n) is 8.31. The Labute approximate surface area is 91.1 Å². The van der Waals surface area contributed by atoms with Crippen molar-refractivity contribution in [1.29, 1.82) is 5.41 Å². The zero-order chi connectivity index (χ0) is 13.4. The summed E-state index contributed by atoms with van der Waals surface area (Å²) in [6, 6.07) is -1.94. The minimum atomic E-state index is -5.55. The molecule has 0 bridgehead atoms. The van der Waals surface area contributed by atoms with Crippen LogP contribution >= 0.6 is 15.2 Å². The molecule has 0 amide bonds. The molecule has 8 N–H and O–H groups in total. The molecule has 0 radical (unpaired) electrons. The molecule has 0 aromatic carbocycles. The first kappa shape index (κ1) is 15.9. The normalized spacial score (nSPS) is 15.9. The topological polar surface area (TPSA) is 185 Å². The molecule has 0 rings (SSSR count). The van der Waals surface area contributed by atoms with Crippen LogP contribution in [-0.4, -0.2) is 41.5 Å². The van der Waals surface area contributed by atoms with Gasteiger partial charge in [-0.1, -0.05) is 0 Å². The second kappa shape index (κ2) is 4.64. The van der Waals surface area contributed by atoms with Gasteiger partial charge in [0.1, 0.15) is 0 Å². The van der Waals surface area contributed by atoms with Crippen LogP contribution in [0.2, 0.25) is 0 Å². The fourth-order valence-electron chi connectivity index (χ4n) is 1.07. The monoisotopic (exact) mass is 276 g/mol. The Morgan fingerprint density at radius 1 is 1.31 bits per heavy atom. The second-order valence-corrected chi connectivity index (χ2v) is 7.26. The van der Waals surface area contributed by atoms with Crippen LogP contribution in [0.25, 0.3) is 0 Å². The number of nitrogens with one attached hydrogen (secondary N) is 1. The van der Waals surface area contributed by atoms with E-state index in [0.29, 0.717) is 0 Å². The van der Waals surface area contributed by atoms with Crippen LogP contribution in [-0.2, 0) is 9.13 Å². The Hall–Kier alpha value is -0.110. The van der Waals surface area contributed by atoms with Crippen molar-refractivity contribution < 1.29 is 33.8 Å². The first-order valence-corrected chi connectivity index (χ1v) is 7.19. The molecular weight excluding hydrogens is 262 g/mol. The van der Waals surface area contributed by atoms with Crippen molar-refractivity contribution in [3.8, 4) is 0 Å². The highest BCUT2D eigenvalue weighted by Gasteiger charge is 2.63. The molecule has 0 spiro atoms. The average molecular weight is 276 g/mol. The largest absolute Gasteiger partial charge is 0.371 e. The minimum Gasteiger partial charge on any atom is -0.366 e. The van der Waals surface area contributed by atoms with E-state index in [1.807, 2.05) is 0 Å². The summed E-state index contributed by atoms with van der Waals surface area (Å²) in [5, 5.41) is 12.8. The van der Waals surface area contributed by atoms with Crippen LogP contribution in [0.3, 0.4) is 0 Å².